The summed E-state index contributed by atoms with van der Waals surface area (Å²) in [5.41, 5.74) is 0. The van der Waals surface area contributed by atoms with Crippen LogP contribution in [0.4, 0.5) is 0 Å². The number of thioether (sulfide) groups is 1. The van der Waals surface area contributed by atoms with E-state index in [-0.39, 0.29) is 18.1 Å². The molecule has 0 amide bonds. The van der Waals surface area contributed by atoms with Crippen LogP contribution in [0.1, 0.15) is 6.42 Å². The van der Waals surface area contributed by atoms with Crippen LogP contribution in [0.2, 0.25) is 0 Å². The summed E-state index contributed by atoms with van der Waals surface area (Å²) in [5, 5.41) is 18.6. The van der Waals surface area contributed by atoms with E-state index >= 15 is 0 Å². The largest absolute Gasteiger partial charge is 0.726 e. The van der Waals surface area contributed by atoms with E-state index < -0.39 is 10.4 Å². The maximum Gasteiger partial charge on any atom is 0.217 e. The first-order chi connectivity index (χ1) is 7.88. The minimum atomic E-state index is -4.63. The molecule has 8 heteroatoms. The molecule has 0 unspecified atom stereocenters. The van der Waals surface area contributed by atoms with E-state index in [4.69, 9.17) is 0 Å². The average Bonchev–Trinajstić information content (AvgIpc) is 2.21. The van der Waals surface area contributed by atoms with Crippen LogP contribution in [-0.2, 0) is 14.6 Å². The predicted molar refractivity (Wildman–Crippen MR) is 60.8 cm³/mol. The highest BCUT2D eigenvalue weighted by atomic mass is 32.3. The van der Waals surface area contributed by atoms with Crippen molar-refractivity contribution in [3.8, 4) is 11.5 Å². The Morgan fingerprint density at radius 1 is 1.35 bits per heavy atom. The van der Waals surface area contributed by atoms with Crippen LogP contribution in [0.5, 0.6) is 11.5 Å². The molecule has 0 aliphatic rings. The minimum Gasteiger partial charge on any atom is -0.726 e. The van der Waals surface area contributed by atoms with Gasteiger partial charge in [0.15, 0.2) is 0 Å². The monoisotopic (exact) mass is 279 g/mol. The van der Waals surface area contributed by atoms with Crippen molar-refractivity contribution in [1.82, 2.24) is 0 Å². The fourth-order valence-electron chi connectivity index (χ4n) is 1.02. The molecule has 1 rings (SSSR count). The quantitative estimate of drug-likeness (QED) is 0.263. The van der Waals surface area contributed by atoms with Crippen molar-refractivity contribution in [2.45, 2.75) is 11.3 Å². The third kappa shape index (κ3) is 5.78. The number of benzene rings is 1. The van der Waals surface area contributed by atoms with Crippen molar-refractivity contribution in [3.05, 3.63) is 18.2 Å². The number of phenolic OH excluding ortho intramolecular Hbond substituents is 2. The number of aromatic hydroxyl groups is 2. The Hall–Kier alpha value is -0.960. The summed E-state index contributed by atoms with van der Waals surface area (Å²) in [6, 6.07) is 4.11. The zero-order valence-electron chi connectivity index (χ0n) is 8.70. The first-order valence-electron chi connectivity index (χ1n) is 4.63. The molecule has 0 saturated carbocycles. The lowest BCUT2D eigenvalue weighted by Gasteiger charge is -2.07. The molecule has 0 fully saturated rings. The third-order valence-corrected chi connectivity index (χ3v) is 3.30. The van der Waals surface area contributed by atoms with Crippen LogP contribution in [0.3, 0.4) is 0 Å². The number of rotatable bonds is 6. The van der Waals surface area contributed by atoms with Crippen LogP contribution in [0, 0.1) is 0 Å². The molecule has 0 atom stereocenters. The number of phenols is 2. The van der Waals surface area contributed by atoms with Gasteiger partial charge in [-0.05, 0) is 24.6 Å². The van der Waals surface area contributed by atoms with E-state index in [1.165, 1.54) is 30.0 Å². The summed E-state index contributed by atoms with van der Waals surface area (Å²) in [5.74, 6) is 0.515. The molecule has 0 aromatic heterocycles. The van der Waals surface area contributed by atoms with Gasteiger partial charge in [0.25, 0.3) is 0 Å². The summed E-state index contributed by atoms with van der Waals surface area (Å²) >= 11 is 1.22. The van der Waals surface area contributed by atoms with Gasteiger partial charge in [-0.25, -0.2) is 8.42 Å². The molecule has 0 bridgehead atoms. The van der Waals surface area contributed by atoms with Gasteiger partial charge in [-0.1, -0.05) is 0 Å². The molecule has 0 radical (unpaired) electrons. The second-order valence-corrected chi connectivity index (χ2v) is 5.27. The molecule has 2 N–H and O–H groups in total. The molecular weight excluding hydrogens is 268 g/mol. The lowest BCUT2D eigenvalue weighted by molar-refractivity contribution is 0.262. The van der Waals surface area contributed by atoms with Gasteiger partial charge in [-0.15, -0.1) is 11.8 Å². The zero-order valence-corrected chi connectivity index (χ0v) is 10.3. The summed E-state index contributed by atoms with van der Waals surface area (Å²) < 4.78 is 34.3. The molecule has 0 aliphatic carbocycles. The van der Waals surface area contributed by atoms with Crippen LogP contribution in [0.25, 0.3) is 0 Å². The fourth-order valence-corrected chi connectivity index (χ4v) is 2.24. The van der Waals surface area contributed by atoms with Gasteiger partial charge in [0.05, 0.1) is 11.5 Å². The SMILES string of the molecule is O=S(=O)([O-])OCCCSc1cc(O)ccc1O. The van der Waals surface area contributed by atoms with E-state index in [1.807, 2.05) is 0 Å². The first-order valence-corrected chi connectivity index (χ1v) is 6.95. The Morgan fingerprint density at radius 2 is 2.06 bits per heavy atom. The summed E-state index contributed by atoms with van der Waals surface area (Å²) in [7, 11) is -4.63. The molecule has 6 nitrogen and oxygen atoms in total. The molecule has 0 spiro atoms. The molecule has 0 aliphatic heterocycles. The maximum atomic E-state index is 10.1. The van der Waals surface area contributed by atoms with Crippen LogP contribution >= 0.6 is 11.8 Å². The molecule has 96 valence electrons. The van der Waals surface area contributed by atoms with Gasteiger partial charge >= 0.3 is 0 Å². The summed E-state index contributed by atoms with van der Waals surface area (Å²) in [6.07, 6.45) is 0.335. The Labute approximate surface area is 103 Å². The maximum absolute atomic E-state index is 10.1. The molecule has 17 heavy (non-hydrogen) atoms. The van der Waals surface area contributed by atoms with Gasteiger partial charge < -0.3 is 14.8 Å². The summed E-state index contributed by atoms with van der Waals surface area (Å²) in [6.45, 7) is -0.196. The van der Waals surface area contributed by atoms with E-state index in [2.05, 4.69) is 4.18 Å². The van der Waals surface area contributed by atoms with Gasteiger partial charge in [0.2, 0.25) is 10.4 Å². The van der Waals surface area contributed by atoms with E-state index in [9.17, 15) is 23.2 Å². The second-order valence-electron chi connectivity index (χ2n) is 3.08. The highest BCUT2D eigenvalue weighted by Crippen LogP contribution is 2.31. The Bertz CT molecular complexity index is 470. The molecule has 1 aromatic carbocycles. The van der Waals surface area contributed by atoms with E-state index in [1.54, 1.807) is 0 Å². The average molecular weight is 279 g/mol. The van der Waals surface area contributed by atoms with Gasteiger partial charge in [0.1, 0.15) is 11.5 Å². The first kappa shape index (κ1) is 14.1. The molecule has 1 aromatic rings. The highest BCUT2D eigenvalue weighted by Gasteiger charge is 2.03. The smallest absolute Gasteiger partial charge is 0.217 e. The lowest BCUT2D eigenvalue weighted by Crippen LogP contribution is -2.05. The lowest BCUT2D eigenvalue weighted by atomic mass is 10.3. The third-order valence-electron chi connectivity index (χ3n) is 1.72. The van der Waals surface area contributed by atoms with Crippen molar-refractivity contribution in [3.63, 3.8) is 0 Å². The number of hydrogen-bond donors (Lipinski definition) is 2. The minimum absolute atomic E-state index is 0.0312. The Morgan fingerprint density at radius 3 is 2.71 bits per heavy atom. The van der Waals surface area contributed by atoms with Crippen molar-refractivity contribution in [2.75, 3.05) is 12.4 Å². The predicted octanol–water partition coefficient (Wildman–Crippen LogP) is 1.06. The molecule has 0 saturated heterocycles. The van der Waals surface area contributed by atoms with Gasteiger partial charge in [0, 0.05) is 5.75 Å². The van der Waals surface area contributed by atoms with E-state index in [0.717, 1.165) is 0 Å². The Kier molecular flexibility index (Phi) is 5.06. The number of hydrogen-bond acceptors (Lipinski definition) is 7. The van der Waals surface area contributed by atoms with Gasteiger partial charge in [-0.2, -0.15) is 0 Å². The van der Waals surface area contributed by atoms with E-state index in [0.29, 0.717) is 17.1 Å². The van der Waals surface area contributed by atoms with Crippen LogP contribution in [0.15, 0.2) is 23.1 Å². The van der Waals surface area contributed by atoms with Gasteiger partial charge in [-0.3, -0.25) is 4.18 Å². The second kappa shape index (κ2) is 6.10. The summed E-state index contributed by atoms with van der Waals surface area (Å²) in [4.78, 5) is 0.481. The molecule has 0 heterocycles. The standard InChI is InChI=1S/C9H12O6S2/c10-7-2-3-8(11)9(6-7)16-5-1-4-15-17(12,13)14/h2-3,6,10-11H,1,4-5H2,(H,12,13,14)/p-1. The van der Waals surface area contributed by atoms with Crippen molar-refractivity contribution in [1.29, 1.82) is 0 Å². The zero-order chi connectivity index (χ0) is 12.9. The van der Waals surface area contributed by atoms with Crippen LogP contribution in [-0.4, -0.2) is 35.5 Å². The van der Waals surface area contributed by atoms with Crippen molar-refractivity contribution < 1.29 is 27.4 Å². The molecular formula is C9H11O6S2-. The topological polar surface area (TPSA) is 107 Å². The normalized spacial score (nSPS) is 11.6. The van der Waals surface area contributed by atoms with Crippen LogP contribution < -0.4 is 0 Å². The highest BCUT2D eigenvalue weighted by molar-refractivity contribution is 7.99. The van der Waals surface area contributed by atoms with Crippen molar-refractivity contribution in [2.24, 2.45) is 0 Å². The fraction of sp³-hybridized carbons (Fsp3) is 0.333. The Balaban J connectivity index is 2.34. The van der Waals surface area contributed by atoms with Crippen molar-refractivity contribution >= 4 is 22.2 Å².